The van der Waals surface area contributed by atoms with Gasteiger partial charge in [0.15, 0.2) is 0 Å². The third-order valence-electron chi connectivity index (χ3n) is 3.12. The highest BCUT2D eigenvalue weighted by molar-refractivity contribution is 7.15. The highest BCUT2D eigenvalue weighted by Crippen LogP contribution is 2.25. The molecule has 0 radical (unpaired) electrons. The molecule has 1 aromatic carbocycles. The molecule has 0 aliphatic heterocycles. The topological polar surface area (TPSA) is 67.8 Å². The molecular formula is C15H13ClN4OS. The quantitative estimate of drug-likeness (QED) is 0.783. The van der Waals surface area contributed by atoms with E-state index in [1.54, 1.807) is 18.3 Å². The zero-order valence-corrected chi connectivity index (χ0v) is 13.6. The second-order valence-electron chi connectivity index (χ2n) is 5.11. The van der Waals surface area contributed by atoms with E-state index in [1.165, 1.54) is 17.5 Å². The summed E-state index contributed by atoms with van der Waals surface area (Å²) in [4.78, 5) is 16.5. The van der Waals surface area contributed by atoms with Crippen molar-refractivity contribution in [2.75, 3.05) is 5.32 Å². The SMILES string of the molecule is CC(C)c1nnc(NC(=O)c2cncc3cc(Cl)ccc23)s1. The third-order valence-corrected chi connectivity index (χ3v) is 4.50. The maximum Gasteiger partial charge on any atom is 0.259 e. The van der Waals surface area contributed by atoms with Crippen LogP contribution >= 0.6 is 22.9 Å². The summed E-state index contributed by atoms with van der Waals surface area (Å²) in [5.41, 5.74) is 0.482. The fraction of sp³-hybridized carbons (Fsp3) is 0.200. The van der Waals surface area contributed by atoms with E-state index >= 15 is 0 Å². The number of fused-ring (bicyclic) bond motifs is 1. The van der Waals surface area contributed by atoms with Crippen LogP contribution in [0.4, 0.5) is 5.13 Å². The number of carbonyl (C=O) groups excluding carboxylic acids is 1. The molecule has 5 nitrogen and oxygen atoms in total. The normalized spacial score (nSPS) is 11.1. The van der Waals surface area contributed by atoms with Crippen LogP contribution in [0.15, 0.2) is 30.6 Å². The van der Waals surface area contributed by atoms with E-state index in [1.807, 2.05) is 19.9 Å². The summed E-state index contributed by atoms with van der Waals surface area (Å²) in [6, 6.07) is 5.35. The van der Waals surface area contributed by atoms with Crippen molar-refractivity contribution >= 4 is 44.7 Å². The summed E-state index contributed by atoms with van der Waals surface area (Å²) in [7, 11) is 0. The van der Waals surface area contributed by atoms with Gasteiger partial charge in [-0.3, -0.25) is 15.1 Å². The van der Waals surface area contributed by atoms with Gasteiger partial charge in [0.2, 0.25) is 5.13 Å². The van der Waals surface area contributed by atoms with Crippen LogP contribution in [0.3, 0.4) is 0 Å². The minimum atomic E-state index is -0.258. The molecule has 3 rings (SSSR count). The zero-order valence-electron chi connectivity index (χ0n) is 12.0. The Bertz CT molecular complexity index is 846. The van der Waals surface area contributed by atoms with Gasteiger partial charge >= 0.3 is 0 Å². The Morgan fingerprint density at radius 1 is 1.27 bits per heavy atom. The molecule has 2 heterocycles. The molecule has 0 aliphatic carbocycles. The van der Waals surface area contributed by atoms with Crippen molar-refractivity contribution in [3.8, 4) is 0 Å². The Morgan fingerprint density at radius 3 is 2.82 bits per heavy atom. The lowest BCUT2D eigenvalue weighted by molar-refractivity contribution is 0.102. The fourth-order valence-corrected chi connectivity index (χ4v) is 2.93. The van der Waals surface area contributed by atoms with E-state index in [2.05, 4.69) is 20.5 Å². The van der Waals surface area contributed by atoms with Gasteiger partial charge in [0.1, 0.15) is 5.01 Å². The predicted octanol–water partition coefficient (Wildman–Crippen LogP) is 4.12. The third kappa shape index (κ3) is 2.93. The van der Waals surface area contributed by atoms with Crippen LogP contribution in [0.25, 0.3) is 10.8 Å². The van der Waals surface area contributed by atoms with E-state index in [0.717, 1.165) is 15.8 Å². The number of aromatic nitrogens is 3. The lowest BCUT2D eigenvalue weighted by Crippen LogP contribution is -2.12. The summed E-state index contributed by atoms with van der Waals surface area (Å²) in [5.74, 6) is 0.0244. The van der Waals surface area contributed by atoms with Gasteiger partial charge in [-0.1, -0.05) is 42.9 Å². The molecule has 0 unspecified atom stereocenters. The molecule has 0 aliphatic rings. The van der Waals surface area contributed by atoms with Crippen LogP contribution < -0.4 is 5.32 Å². The Balaban J connectivity index is 1.91. The molecular weight excluding hydrogens is 320 g/mol. The summed E-state index contributed by atoms with van der Waals surface area (Å²) in [6.45, 7) is 4.06. The number of hydrogen-bond acceptors (Lipinski definition) is 5. The highest BCUT2D eigenvalue weighted by Gasteiger charge is 2.14. The Hall–Kier alpha value is -2.05. The molecule has 2 aromatic heterocycles. The molecule has 1 N–H and O–H groups in total. The molecule has 0 fully saturated rings. The average Bonchev–Trinajstić information content (AvgIpc) is 2.95. The fourth-order valence-electron chi connectivity index (χ4n) is 2.01. The number of anilines is 1. The summed E-state index contributed by atoms with van der Waals surface area (Å²) in [6.07, 6.45) is 3.22. The van der Waals surface area contributed by atoms with Crippen LogP contribution in [-0.2, 0) is 0 Å². The maximum atomic E-state index is 12.4. The van der Waals surface area contributed by atoms with Gasteiger partial charge < -0.3 is 0 Å². The standard InChI is InChI=1S/C15H13ClN4OS/c1-8(2)14-19-20-15(22-14)18-13(21)12-7-17-6-9-5-10(16)3-4-11(9)12/h3-8H,1-2H3,(H,18,20,21). The van der Waals surface area contributed by atoms with Crippen molar-refractivity contribution in [3.05, 3.63) is 46.2 Å². The molecule has 1 amide bonds. The Morgan fingerprint density at radius 2 is 2.09 bits per heavy atom. The van der Waals surface area contributed by atoms with Gasteiger partial charge in [-0.25, -0.2) is 0 Å². The number of nitrogens with one attached hydrogen (secondary N) is 1. The van der Waals surface area contributed by atoms with Gasteiger partial charge in [0.25, 0.3) is 5.91 Å². The van der Waals surface area contributed by atoms with Crippen LogP contribution in [0.2, 0.25) is 5.02 Å². The van der Waals surface area contributed by atoms with Crippen LogP contribution in [0, 0.1) is 0 Å². The number of amides is 1. The van der Waals surface area contributed by atoms with Crippen molar-refractivity contribution < 1.29 is 4.79 Å². The van der Waals surface area contributed by atoms with Crippen molar-refractivity contribution in [3.63, 3.8) is 0 Å². The largest absolute Gasteiger partial charge is 0.296 e. The predicted molar refractivity (Wildman–Crippen MR) is 88.7 cm³/mol. The Kier molecular flexibility index (Phi) is 4.04. The molecule has 112 valence electrons. The minimum Gasteiger partial charge on any atom is -0.296 e. The monoisotopic (exact) mass is 332 g/mol. The maximum absolute atomic E-state index is 12.4. The average molecular weight is 333 g/mol. The lowest BCUT2D eigenvalue weighted by atomic mass is 10.1. The van der Waals surface area contributed by atoms with Crippen molar-refractivity contribution in [1.29, 1.82) is 0 Å². The van der Waals surface area contributed by atoms with E-state index in [4.69, 9.17) is 11.6 Å². The van der Waals surface area contributed by atoms with Gasteiger partial charge in [0.05, 0.1) is 5.56 Å². The number of carbonyl (C=O) groups is 1. The lowest BCUT2D eigenvalue weighted by Gasteiger charge is -2.05. The first-order valence-electron chi connectivity index (χ1n) is 6.72. The molecule has 0 spiro atoms. The minimum absolute atomic E-state index is 0.258. The second kappa shape index (κ2) is 5.98. The molecule has 0 saturated heterocycles. The first kappa shape index (κ1) is 14.9. The van der Waals surface area contributed by atoms with Crippen molar-refractivity contribution in [2.24, 2.45) is 0 Å². The molecule has 22 heavy (non-hydrogen) atoms. The van der Waals surface area contributed by atoms with Crippen molar-refractivity contribution in [1.82, 2.24) is 15.2 Å². The molecule has 3 aromatic rings. The number of rotatable bonds is 3. The summed E-state index contributed by atoms with van der Waals surface area (Å²) in [5, 5.41) is 14.4. The van der Waals surface area contributed by atoms with E-state index in [-0.39, 0.29) is 11.8 Å². The van der Waals surface area contributed by atoms with Gasteiger partial charge in [-0.2, -0.15) is 0 Å². The first-order valence-corrected chi connectivity index (χ1v) is 7.92. The van der Waals surface area contributed by atoms with E-state index in [9.17, 15) is 4.79 Å². The number of halogens is 1. The zero-order chi connectivity index (χ0) is 15.7. The van der Waals surface area contributed by atoms with Crippen molar-refractivity contribution in [2.45, 2.75) is 19.8 Å². The van der Waals surface area contributed by atoms with E-state index < -0.39 is 0 Å². The number of nitrogens with zero attached hydrogens (tertiary/aromatic N) is 3. The van der Waals surface area contributed by atoms with Crippen LogP contribution in [-0.4, -0.2) is 21.1 Å². The van der Waals surface area contributed by atoms with Gasteiger partial charge in [-0.15, -0.1) is 10.2 Å². The van der Waals surface area contributed by atoms with Gasteiger partial charge in [0, 0.05) is 28.7 Å². The summed E-state index contributed by atoms with van der Waals surface area (Å²) >= 11 is 7.34. The number of pyridine rings is 1. The molecule has 0 saturated carbocycles. The van der Waals surface area contributed by atoms with Gasteiger partial charge in [-0.05, 0) is 17.5 Å². The number of benzene rings is 1. The van der Waals surface area contributed by atoms with Crippen LogP contribution in [0.5, 0.6) is 0 Å². The molecule has 7 heteroatoms. The smallest absolute Gasteiger partial charge is 0.259 e. The first-order chi connectivity index (χ1) is 10.5. The highest BCUT2D eigenvalue weighted by atomic mass is 35.5. The Labute approximate surface area is 136 Å². The summed E-state index contributed by atoms with van der Waals surface area (Å²) < 4.78 is 0. The number of hydrogen-bond donors (Lipinski definition) is 1. The second-order valence-corrected chi connectivity index (χ2v) is 6.55. The van der Waals surface area contributed by atoms with E-state index in [0.29, 0.717) is 15.7 Å². The molecule has 0 atom stereocenters. The molecule has 0 bridgehead atoms. The van der Waals surface area contributed by atoms with Crippen LogP contribution in [0.1, 0.15) is 35.1 Å².